The fourth-order valence-electron chi connectivity index (χ4n) is 2.33. The fraction of sp³-hybridized carbons (Fsp3) is 0.294. The Balaban J connectivity index is 1.52. The number of rotatable bonds is 7. The van der Waals surface area contributed by atoms with E-state index in [9.17, 15) is 4.39 Å². The highest BCUT2D eigenvalue weighted by atomic mass is 19.1. The van der Waals surface area contributed by atoms with Gasteiger partial charge in [0.05, 0.1) is 12.2 Å². The number of halogens is 1. The molecule has 1 N–H and O–H groups in total. The monoisotopic (exact) mass is 327 g/mol. The first-order valence-electron chi connectivity index (χ1n) is 7.74. The predicted octanol–water partition coefficient (Wildman–Crippen LogP) is 2.31. The SMILES string of the molecule is CC(Cc1cnccn1)NCc1nc(Cc2ccccc2F)no1. The largest absolute Gasteiger partial charge is 0.338 e. The van der Waals surface area contributed by atoms with E-state index < -0.39 is 0 Å². The van der Waals surface area contributed by atoms with E-state index in [1.54, 1.807) is 36.8 Å². The average molecular weight is 327 g/mol. The normalized spacial score (nSPS) is 12.2. The van der Waals surface area contributed by atoms with Gasteiger partial charge in [-0.1, -0.05) is 23.4 Å². The van der Waals surface area contributed by atoms with Gasteiger partial charge < -0.3 is 9.84 Å². The van der Waals surface area contributed by atoms with Crippen molar-refractivity contribution in [1.82, 2.24) is 25.4 Å². The van der Waals surface area contributed by atoms with E-state index in [4.69, 9.17) is 4.52 Å². The van der Waals surface area contributed by atoms with Gasteiger partial charge in [0.1, 0.15) is 5.82 Å². The van der Waals surface area contributed by atoms with Gasteiger partial charge in [0.2, 0.25) is 5.89 Å². The van der Waals surface area contributed by atoms with Crippen LogP contribution in [0.1, 0.15) is 29.9 Å². The number of hydrogen-bond acceptors (Lipinski definition) is 6. The van der Waals surface area contributed by atoms with Gasteiger partial charge in [-0.05, 0) is 18.6 Å². The van der Waals surface area contributed by atoms with Gasteiger partial charge in [-0.25, -0.2) is 4.39 Å². The number of benzene rings is 1. The molecule has 0 saturated carbocycles. The molecule has 1 unspecified atom stereocenters. The molecule has 0 aliphatic heterocycles. The lowest BCUT2D eigenvalue weighted by molar-refractivity contribution is 0.355. The molecule has 0 aliphatic carbocycles. The van der Waals surface area contributed by atoms with E-state index >= 15 is 0 Å². The molecule has 2 heterocycles. The summed E-state index contributed by atoms with van der Waals surface area (Å²) in [6, 6.07) is 6.76. The highest BCUT2D eigenvalue weighted by Crippen LogP contribution is 2.11. The molecule has 0 fully saturated rings. The summed E-state index contributed by atoms with van der Waals surface area (Å²) in [6.07, 6.45) is 6.14. The van der Waals surface area contributed by atoms with E-state index in [1.807, 2.05) is 6.92 Å². The second-order valence-electron chi connectivity index (χ2n) is 5.56. The first-order chi connectivity index (χ1) is 11.7. The van der Waals surface area contributed by atoms with Crippen LogP contribution in [0.3, 0.4) is 0 Å². The summed E-state index contributed by atoms with van der Waals surface area (Å²) in [5.41, 5.74) is 1.47. The second kappa shape index (κ2) is 7.74. The molecular weight excluding hydrogens is 309 g/mol. The van der Waals surface area contributed by atoms with E-state index in [1.165, 1.54) is 6.07 Å². The van der Waals surface area contributed by atoms with Gasteiger partial charge in [0.25, 0.3) is 0 Å². The minimum absolute atomic E-state index is 0.184. The molecule has 3 aromatic rings. The molecule has 0 saturated heterocycles. The van der Waals surface area contributed by atoms with E-state index in [-0.39, 0.29) is 11.9 Å². The van der Waals surface area contributed by atoms with E-state index in [2.05, 4.69) is 25.4 Å². The summed E-state index contributed by atoms with van der Waals surface area (Å²) < 4.78 is 18.8. The van der Waals surface area contributed by atoms with E-state index in [0.29, 0.717) is 30.2 Å². The van der Waals surface area contributed by atoms with Crippen molar-refractivity contribution in [3.63, 3.8) is 0 Å². The standard InChI is InChI=1S/C17H18FN5O/c1-12(8-14-10-19-6-7-20-14)21-11-17-22-16(23-24-17)9-13-4-2-3-5-15(13)18/h2-7,10,12,21H,8-9,11H2,1H3. The maximum absolute atomic E-state index is 13.6. The van der Waals surface area contributed by atoms with Crippen LogP contribution in [0, 0.1) is 5.82 Å². The van der Waals surface area contributed by atoms with Crippen LogP contribution in [0.15, 0.2) is 47.4 Å². The number of nitrogens with one attached hydrogen (secondary N) is 1. The van der Waals surface area contributed by atoms with Crippen LogP contribution in [-0.4, -0.2) is 26.2 Å². The molecule has 6 nitrogen and oxygen atoms in total. The molecular formula is C17H18FN5O. The van der Waals surface area contributed by atoms with Crippen LogP contribution in [0.4, 0.5) is 4.39 Å². The molecule has 124 valence electrons. The molecule has 1 atom stereocenters. The van der Waals surface area contributed by atoms with Crippen molar-refractivity contribution in [2.45, 2.75) is 32.4 Å². The average Bonchev–Trinajstić information content (AvgIpc) is 3.04. The van der Waals surface area contributed by atoms with Crippen molar-refractivity contribution in [3.8, 4) is 0 Å². The zero-order chi connectivity index (χ0) is 16.8. The maximum Gasteiger partial charge on any atom is 0.240 e. The van der Waals surface area contributed by atoms with Crippen molar-refractivity contribution >= 4 is 0 Å². The molecule has 2 aromatic heterocycles. The maximum atomic E-state index is 13.6. The molecule has 0 aliphatic rings. The zero-order valence-electron chi connectivity index (χ0n) is 13.3. The molecule has 0 radical (unpaired) electrons. The fourth-order valence-corrected chi connectivity index (χ4v) is 2.33. The highest BCUT2D eigenvalue weighted by molar-refractivity contribution is 5.20. The Labute approximate surface area is 139 Å². The summed E-state index contributed by atoms with van der Waals surface area (Å²) >= 11 is 0. The van der Waals surface area contributed by atoms with Gasteiger partial charge in [-0.3, -0.25) is 9.97 Å². The number of hydrogen-bond donors (Lipinski definition) is 1. The van der Waals surface area contributed by atoms with Crippen molar-refractivity contribution in [1.29, 1.82) is 0 Å². The van der Waals surface area contributed by atoms with Crippen LogP contribution in [0.25, 0.3) is 0 Å². The Bertz CT molecular complexity index is 777. The Hall–Kier alpha value is -2.67. The zero-order valence-corrected chi connectivity index (χ0v) is 13.3. The Kier molecular flexibility index (Phi) is 5.22. The number of aromatic nitrogens is 4. The van der Waals surface area contributed by atoms with Gasteiger partial charge in [0, 0.05) is 37.5 Å². The summed E-state index contributed by atoms with van der Waals surface area (Å²) in [4.78, 5) is 12.6. The molecule has 0 spiro atoms. The minimum atomic E-state index is -0.264. The quantitative estimate of drug-likeness (QED) is 0.717. The first-order valence-corrected chi connectivity index (χ1v) is 7.74. The summed E-state index contributed by atoms with van der Waals surface area (Å²) in [5.74, 6) is 0.686. The lowest BCUT2D eigenvalue weighted by Crippen LogP contribution is -2.28. The number of nitrogens with zero attached hydrogens (tertiary/aromatic N) is 4. The Morgan fingerprint density at radius 1 is 1.25 bits per heavy atom. The van der Waals surface area contributed by atoms with Crippen LogP contribution >= 0.6 is 0 Å². The summed E-state index contributed by atoms with van der Waals surface area (Å²) in [5, 5.41) is 7.20. The topological polar surface area (TPSA) is 76.7 Å². The third-order valence-corrected chi connectivity index (χ3v) is 3.55. The molecule has 1 aromatic carbocycles. The summed E-state index contributed by atoms with van der Waals surface area (Å²) in [7, 11) is 0. The minimum Gasteiger partial charge on any atom is -0.338 e. The van der Waals surface area contributed by atoms with Crippen LogP contribution in [0.5, 0.6) is 0 Å². The molecule has 24 heavy (non-hydrogen) atoms. The third-order valence-electron chi connectivity index (χ3n) is 3.55. The second-order valence-corrected chi connectivity index (χ2v) is 5.56. The Morgan fingerprint density at radius 2 is 2.12 bits per heavy atom. The highest BCUT2D eigenvalue weighted by Gasteiger charge is 2.11. The molecule has 3 rings (SSSR count). The predicted molar refractivity (Wildman–Crippen MR) is 85.5 cm³/mol. The van der Waals surface area contributed by atoms with Crippen LogP contribution < -0.4 is 5.32 Å². The molecule has 7 heteroatoms. The van der Waals surface area contributed by atoms with Crippen LogP contribution in [-0.2, 0) is 19.4 Å². The molecule has 0 bridgehead atoms. The summed E-state index contributed by atoms with van der Waals surface area (Å²) in [6.45, 7) is 2.50. The van der Waals surface area contributed by atoms with Crippen molar-refractivity contribution < 1.29 is 8.91 Å². The van der Waals surface area contributed by atoms with Gasteiger partial charge in [0.15, 0.2) is 5.82 Å². The first kappa shape index (κ1) is 16.2. The molecule has 0 amide bonds. The van der Waals surface area contributed by atoms with Crippen molar-refractivity contribution in [3.05, 3.63) is 71.6 Å². The third kappa shape index (κ3) is 4.42. The Morgan fingerprint density at radius 3 is 2.92 bits per heavy atom. The smallest absolute Gasteiger partial charge is 0.240 e. The van der Waals surface area contributed by atoms with Gasteiger partial charge in [-0.15, -0.1) is 0 Å². The van der Waals surface area contributed by atoms with Crippen molar-refractivity contribution in [2.24, 2.45) is 0 Å². The lowest BCUT2D eigenvalue weighted by atomic mass is 10.1. The van der Waals surface area contributed by atoms with Gasteiger partial charge >= 0.3 is 0 Å². The van der Waals surface area contributed by atoms with E-state index in [0.717, 1.165) is 12.1 Å². The van der Waals surface area contributed by atoms with Gasteiger partial charge in [-0.2, -0.15) is 4.98 Å². The van der Waals surface area contributed by atoms with Crippen molar-refractivity contribution in [2.75, 3.05) is 0 Å². The lowest BCUT2D eigenvalue weighted by Gasteiger charge is -2.10. The van der Waals surface area contributed by atoms with Crippen LogP contribution in [0.2, 0.25) is 0 Å².